The molecule has 1 N–H and O–H groups in total. The van der Waals surface area contributed by atoms with Gasteiger partial charge in [0, 0.05) is 16.2 Å². The van der Waals surface area contributed by atoms with Crippen LogP contribution in [-0.4, -0.2) is 32.6 Å². The van der Waals surface area contributed by atoms with E-state index in [1.54, 1.807) is 42.6 Å². The Balaban J connectivity index is 1.72. The van der Waals surface area contributed by atoms with Gasteiger partial charge in [-0.15, -0.1) is 0 Å². The van der Waals surface area contributed by atoms with Crippen LogP contribution in [-0.2, 0) is 9.59 Å². The summed E-state index contributed by atoms with van der Waals surface area (Å²) in [6.07, 6.45) is 4.76. The molecule has 0 saturated carbocycles. The van der Waals surface area contributed by atoms with Gasteiger partial charge in [0.15, 0.2) is 0 Å². The molecule has 1 aromatic carbocycles. The van der Waals surface area contributed by atoms with Crippen molar-refractivity contribution in [3.05, 3.63) is 63.2 Å². The Labute approximate surface area is 169 Å². The number of thiocarbonyl (C=S) groups is 1. The van der Waals surface area contributed by atoms with E-state index in [1.165, 1.54) is 11.1 Å². The van der Waals surface area contributed by atoms with Gasteiger partial charge in [0.05, 0.1) is 16.8 Å². The van der Waals surface area contributed by atoms with Crippen molar-refractivity contribution in [2.24, 2.45) is 0 Å². The zero-order valence-corrected chi connectivity index (χ0v) is 16.3. The summed E-state index contributed by atoms with van der Waals surface area (Å²) in [5, 5.41) is 3.60. The maximum absolute atomic E-state index is 12.6. The molecule has 0 radical (unpaired) electrons. The maximum atomic E-state index is 12.6. The van der Waals surface area contributed by atoms with E-state index in [9.17, 15) is 9.59 Å². The molecule has 0 spiro atoms. The number of nitrogens with zero attached hydrogens (tertiary/aromatic N) is 2. The smallest absolute Gasteiger partial charge is 0.266 e. The summed E-state index contributed by atoms with van der Waals surface area (Å²) in [7, 11) is 0. The van der Waals surface area contributed by atoms with Crippen LogP contribution >= 0.6 is 47.2 Å². The van der Waals surface area contributed by atoms with Crippen molar-refractivity contribution in [2.75, 3.05) is 11.9 Å². The topological polar surface area (TPSA) is 62.3 Å². The standard InChI is InChI=1S/C17H11Cl2N3O2S2/c18-11-4-3-10(13(19)7-11)6-14-16(24)22(17(25)26-14)9-15(23)21-12-2-1-5-20-8-12/h1-8H,9H2,(H,21,23)/b14-6-. The second kappa shape index (κ2) is 8.18. The van der Waals surface area contributed by atoms with Crippen molar-refractivity contribution >= 4 is 75.1 Å². The fraction of sp³-hybridized carbons (Fsp3) is 0.0588. The Hall–Kier alpha value is -1.93. The molecular weight excluding hydrogens is 413 g/mol. The number of hydrogen-bond donors (Lipinski definition) is 1. The molecule has 2 heterocycles. The molecule has 132 valence electrons. The first-order valence-electron chi connectivity index (χ1n) is 7.34. The zero-order chi connectivity index (χ0) is 18.7. The quantitative estimate of drug-likeness (QED) is 0.588. The van der Waals surface area contributed by atoms with Crippen LogP contribution in [0.3, 0.4) is 0 Å². The Morgan fingerprint density at radius 2 is 2.15 bits per heavy atom. The van der Waals surface area contributed by atoms with Gasteiger partial charge < -0.3 is 5.32 Å². The molecule has 1 aliphatic rings. The molecule has 3 rings (SSSR count). The van der Waals surface area contributed by atoms with E-state index in [1.807, 2.05) is 0 Å². The van der Waals surface area contributed by atoms with Crippen LogP contribution in [0.5, 0.6) is 0 Å². The van der Waals surface area contributed by atoms with E-state index in [-0.39, 0.29) is 18.4 Å². The minimum absolute atomic E-state index is 0.175. The largest absolute Gasteiger partial charge is 0.323 e. The van der Waals surface area contributed by atoms with E-state index >= 15 is 0 Å². The normalized spacial score (nSPS) is 15.6. The van der Waals surface area contributed by atoms with Gasteiger partial charge in [0.1, 0.15) is 10.9 Å². The van der Waals surface area contributed by atoms with Crippen LogP contribution in [0.1, 0.15) is 5.56 Å². The molecule has 2 amide bonds. The van der Waals surface area contributed by atoms with Gasteiger partial charge in [0.2, 0.25) is 5.91 Å². The molecule has 1 saturated heterocycles. The average Bonchev–Trinajstić information content (AvgIpc) is 2.86. The van der Waals surface area contributed by atoms with Gasteiger partial charge in [-0.3, -0.25) is 19.5 Å². The lowest BCUT2D eigenvalue weighted by molar-refractivity contribution is -0.126. The highest BCUT2D eigenvalue weighted by Crippen LogP contribution is 2.34. The third-order valence-electron chi connectivity index (χ3n) is 3.37. The monoisotopic (exact) mass is 423 g/mol. The second-order valence-corrected chi connectivity index (χ2v) is 7.74. The van der Waals surface area contributed by atoms with Crippen LogP contribution in [0, 0.1) is 0 Å². The van der Waals surface area contributed by atoms with E-state index in [0.29, 0.717) is 30.5 Å². The highest BCUT2D eigenvalue weighted by molar-refractivity contribution is 8.26. The van der Waals surface area contributed by atoms with Crippen molar-refractivity contribution in [2.45, 2.75) is 0 Å². The van der Waals surface area contributed by atoms with Crippen LogP contribution in [0.15, 0.2) is 47.6 Å². The summed E-state index contributed by atoms with van der Waals surface area (Å²) in [5.41, 5.74) is 1.20. The summed E-state index contributed by atoms with van der Waals surface area (Å²) >= 11 is 18.4. The van der Waals surface area contributed by atoms with Crippen molar-refractivity contribution < 1.29 is 9.59 Å². The first-order chi connectivity index (χ1) is 12.4. The lowest BCUT2D eigenvalue weighted by atomic mass is 10.2. The van der Waals surface area contributed by atoms with Gasteiger partial charge in [-0.1, -0.05) is 53.2 Å². The van der Waals surface area contributed by atoms with Crippen molar-refractivity contribution in [1.82, 2.24) is 9.88 Å². The Kier molecular flexibility index (Phi) is 5.93. The summed E-state index contributed by atoms with van der Waals surface area (Å²) in [6, 6.07) is 8.40. The van der Waals surface area contributed by atoms with Gasteiger partial charge >= 0.3 is 0 Å². The number of thioether (sulfide) groups is 1. The molecule has 1 fully saturated rings. The molecule has 26 heavy (non-hydrogen) atoms. The minimum Gasteiger partial charge on any atom is -0.323 e. The van der Waals surface area contributed by atoms with Gasteiger partial charge in [-0.25, -0.2) is 0 Å². The predicted octanol–water partition coefficient (Wildman–Crippen LogP) is 4.23. The Bertz CT molecular complexity index is 919. The number of aromatic nitrogens is 1. The van der Waals surface area contributed by atoms with Gasteiger partial charge in [-0.2, -0.15) is 0 Å². The maximum Gasteiger partial charge on any atom is 0.266 e. The fourth-order valence-electron chi connectivity index (χ4n) is 2.18. The number of carbonyl (C=O) groups excluding carboxylic acids is 2. The van der Waals surface area contributed by atoms with Crippen LogP contribution in [0.4, 0.5) is 5.69 Å². The third-order valence-corrected chi connectivity index (χ3v) is 5.31. The molecular formula is C17H11Cl2N3O2S2. The Morgan fingerprint density at radius 1 is 1.35 bits per heavy atom. The summed E-state index contributed by atoms with van der Waals surface area (Å²) < 4.78 is 0.313. The molecule has 0 bridgehead atoms. The number of pyridine rings is 1. The first-order valence-corrected chi connectivity index (χ1v) is 9.32. The zero-order valence-electron chi connectivity index (χ0n) is 13.1. The highest BCUT2D eigenvalue weighted by atomic mass is 35.5. The molecule has 2 aromatic rings. The van der Waals surface area contributed by atoms with Crippen LogP contribution in [0.2, 0.25) is 10.0 Å². The molecule has 1 aliphatic heterocycles. The van der Waals surface area contributed by atoms with Crippen LogP contribution in [0.25, 0.3) is 6.08 Å². The highest BCUT2D eigenvalue weighted by Gasteiger charge is 2.33. The molecule has 5 nitrogen and oxygen atoms in total. The lowest BCUT2D eigenvalue weighted by Gasteiger charge is -2.14. The first kappa shape index (κ1) is 18.8. The van der Waals surface area contributed by atoms with E-state index < -0.39 is 0 Å². The van der Waals surface area contributed by atoms with Crippen molar-refractivity contribution in [1.29, 1.82) is 0 Å². The van der Waals surface area contributed by atoms with E-state index in [0.717, 1.165) is 11.8 Å². The number of anilines is 1. The van der Waals surface area contributed by atoms with Crippen molar-refractivity contribution in [3.8, 4) is 0 Å². The number of nitrogens with one attached hydrogen (secondary N) is 1. The van der Waals surface area contributed by atoms with Crippen molar-refractivity contribution in [3.63, 3.8) is 0 Å². The molecule has 1 aromatic heterocycles. The van der Waals surface area contributed by atoms with E-state index in [4.69, 9.17) is 35.4 Å². The summed E-state index contributed by atoms with van der Waals surface area (Å²) in [5.74, 6) is -0.701. The molecule has 9 heteroatoms. The van der Waals surface area contributed by atoms with Gasteiger partial charge in [-0.05, 0) is 35.9 Å². The number of rotatable bonds is 4. The fourth-order valence-corrected chi connectivity index (χ4v) is 3.89. The summed E-state index contributed by atoms with van der Waals surface area (Å²) in [4.78, 5) is 30.3. The third kappa shape index (κ3) is 4.42. The number of halogens is 2. The Morgan fingerprint density at radius 3 is 2.85 bits per heavy atom. The molecule has 0 atom stereocenters. The van der Waals surface area contributed by atoms with E-state index in [2.05, 4.69) is 10.3 Å². The lowest BCUT2D eigenvalue weighted by Crippen LogP contribution is -2.36. The predicted molar refractivity (Wildman–Crippen MR) is 109 cm³/mol. The van der Waals surface area contributed by atoms with Crippen LogP contribution < -0.4 is 5.32 Å². The SMILES string of the molecule is O=C(CN1C(=O)/C(=C/c2ccc(Cl)cc2Cl)SC1=S)Nc1cccnc1. The number of hydrogen-bond acceptors (Lipinski definition) is 5. The molecule has 0 unspecified atom stereocenters. The van der Waals surface area contributed by atoms with Gasteiger partial charge in [0.25, 0.3) is 5.91 Å². The number of carbonyl (C=O) groups is 2. The second-order valence-electron chi connectivity index (χ2n) is 5.22. The summed E-state index contributed by atoms with van der Waals surface area (Å²) in [6.45, 7) is -0.175. The molecule has 0 aliphatic carbocycles. The minimum atomic E-state index is -0.361. The number of amides is 2. The average molecular weight is 424 g/mol. The number of benzene rings is 1.